The van der Waals surface area contributed by atoms with E-state index >= 15 is 0 Å². The van der Waals surface area contributed by atoms with Crippen molar-refractivity contribution in [1.29, 1.82) is 0 Å². The van der Waals surface area contributed by atoms with Crippen LogP contribution >= 0.6 is 28.1 Å². The number of hydrogen-bond acceptors (Lipinski definition) is 4. The molecule has 8 heteroatoms. The number of amides is 2. The first kappa shape index (κ1) is 18.9. The third-order valence-electron chi connectivity index (χ3n) is 3.21. The summed E-state index contributed by atoms with van der Waals surface area (Å²) in [4.78, 5) is 24.2. The van der Waals surface area contributed by atoms with Crippen molar-refractivity contribution in [3.63, 3.8) is 0 Å². The van der Waals surface area contributed by atoms with Crippen LogP contribution in [0.3, 0.4) is 0 Å². The minimum atomic E-state index is -0.407. The van der Waals surface area contributed by atoms with Gasteiger partial charge in [-0.3, -0.25) is 25.8 Å². The summed E-state index contributed by atoms with van der Waals surface area (Å²) in [5.41, 5.74) is 6.76. The molecular weight excluding hydrogens is 406 g/mol. The van der Waals surface area contributed by atoms with Crippen LogP contribution in [0.2, 0.25) is 0 Å². The van der Waals surface area contributed by atoms with Crippen molar-refractivity contribution >= 4 is 45.1 Å². The third-order valence-corrected chi connectivity index (χ3v) is 4.03. The zero-order chi connectivity index (χ0) is 18.4. The van der Waals surface area contributed by atoms with Crippen molar-refractivity contribution in [3.05, 3.63) is 63.6 Å². The van der Waals surface area contributed by atoms with Crippen LogP contribution in [0.1, 0.15) is 26.3 Å². The van der Waals surface area contributed by atoms with Crippen molar-refractivity contribution in [2.24, 2.45) is 0 Å². The molecule has 0 aliphatic rings. The van der Waals surface area contributed by atoms with Crippen LogP contribution in [0.4, 0.5) is 0 Å². The monoisotopic (exact) mass is 421 g/mol. The number of rotatable bonds is 3. The molecule has 0 fully saturated rings. The minimum absolute atomic E-state index is 0.00701. The van der Waals surface area contributed by atoms with Crippen molar-refractivity contribution in [2.45, 2.75) is 6.92 Å². The lowest BCUT2D eigenvalue weighted by molar-refractivity contribution is 0.0934. The second-order valence-corrected chi connectivity index (χ2v) is 6.34. The van der Waals surface area contributed by atoms with Gasteiger partial charge in [0.2, 0.25) is 0 Å². The number of nitrogens with one attached hydrogen (secondary N) is 3. The van der Waals surface area contributed by atoms with Gasteiger partial charge in [0.05, 0.1) is 11.6 Å². The van der Waals surface area contributed by atoms with Gasteiger partial charge in [0.1, 0.15) is 5.75 Å². The molecule has 3 N–H and O–H groups in total. The lowest BCUT2D eigenvalue weighted by atomic mass is 10.1. The number of hydrazine groups is 1. The topological polar surface area (TPSA) is 79.5 Å². The molecule has 0 aliphatic heterocycles. The molecule has 0 aliphatic carbocycles. The number of thiocarbonyl (C=S) groups is 1. The Morgan fingerprint density at radius 1 is 1.04 bits per heavy atom. The van der Waals surface area contributed by atoms with Gasteiger partial charge in [0.15, 0.2) is 5.11 Å². The Kier molecular flexibility index (Phi) is 6.49. The Bertz CT molecular complexity index is 827. The van der Waals surface area contributed by atoms with Gasteiger partial charge in [-0.25, -0.2) is 0 Å². The van der Waals surface area contributed by atoms with Crippen molar-refractivity contribution in [2.75, 3.05) is 7.11 Å². The fourth-order valence-corrected chi connectivity index (χ4v) is 2.67. The van der Waals surface area contributed by atoms with Gasteiger partial charge in [-0.15, -0.1) is 0 Å². The van der Waals surface area contributed by atoms with E-state index in [1.165, 1.54) is 7.11 Å². The Morgan fingerprint density at radius 3 is 2.40 bits per heavy atom. The molecule has 0 saturated carbocycles. The van der Waals surface area contributed by atoms with Gasteiger partial charge < -0.3 is 4.74 Å². The molecule has 0 heterocycles. The van der Waals surface area contributed by atoms with Crippen LogP contribution in [0.15, 0.2) is 46.9 Å². The molecule has 2 aromatic carbocycles. The zero-order valence-electron chi connectivity index (χ0n) is 13.6. The number of benzene rings is 2. The van der Waals surface area contributed by atoms with E-state index in [1.54, 1.807) is 36.4 Å². The Balaban J connectivity index is 1.90. The molecule has 0 atom stereocenters. The fourth-order valence-electron chi connectivity index (χ4n) is 1.99. The number of carbonyl (C=O) groups excluding carboxylic acids is 2. The van der Waals surface area contributed by atoms with Gasteiger partial charge in [-0.05, 0) is 65.4 Å². The minimum Gasteiger partial charge on any atom is -0.496 e. The number of methoxy groups -OCH3 is 1. The highest BCUT2D eigenvalue weighted by Crippen LogP contribution is 2.25. The molecule has 6 nitrogen and oxygen atoms in total. The number of aryl methyl sites for hydroxylation is 1. The van der Waals surface area contributed by atoms with Gasteiger partial charge in [-0.1, -0.05) is 17.7 Å². The van der Waals surface area contributed by atoms with Gasteiger partial charge in [0.25, 0.3) is 11.8 Å². The maximum absolute atomic E-state index is 12.1. The first-order valence-electron chi connectivity index (χ1n) is 7.22. The summed E-state index contributed by atoms with van der Waals surface area (Å²) in [6.45, 7) is 1.89. The van der Waals surface area contributed by atoms with E-state index in [1.807, 2.05) is 13.0 Å². The fraction of sp³-hybridized carbons (Fsp3) is 0.118. The third kappa shape index (κ3) is 5.27. The summed E-state index contributed by atoms with van der Waals surface area (Å²) < 4.78 is 5.76. The molecule has 0 radical (unpaired) electrons. The average Bonchev–Trinajstić information content (AvgIpc) is 2.59. The van der Waals surface area contributed by atoms with Gasteiger partial charge >= 0.3 is 0 Å². The maximum Gasteiger partial charge on any atom is 0.269 e. The molecule has 0 bridgehead atoms. The summed E-state index contributed by atoms with van der Waals surface area (Å²) in [5, 5.41) is 2.49. The van der Waals surface area contributed by atoms with Crippen LogP contribution in [-0.2, 0) is 0 Å². The highest BCUT2D eigenvalue weighted by atomic mass is 79.9. The van der Waals surface area contributed by atoms with Crippen molar-refractivity contribution in [3.8, 4) is 5.75 Å². The second kappa shape index (κ2) is 8.59. The van der Waals surface area contributed by atoms with Crippen LogP contribution in [-0.4, -0.2) is 24.0 Å². The molecule has 2 aromatic rings. The number of halogens is 1. The predicted octanol–water partition coefficient (Wildman–Crippen LogP) is 2.72. The van der Waals surface area contributed by atoms with Gasteiger partial charge in [-0.2, -0.15) is 0 Å². The molecular formula is C17H16BrN3O3S. The van der Waals surface area contributed by atoms with E-state index in [4.69, 9.17) is 17.0 Å². The SMILES string of the molecule is COc1ccc(C(=O)NNC(=S)NC(=O)c2cccc(C)c2)cc1Br. The van der Waals surface area contributed by atoms with Gasteiger partial charge in [0, 0.05) is 11.1 Å². The van der Waals surface area contributed by atoms with E-state index in [2.05, 4.69) is 32.1 Å². The van der Waals surface area contributed by atoms with E-state index in [0.29, 0.717) is 21.3 Å². The molecule has 2 rings (SSSR count). The summed E-state index contributed by atoms with van der Waals surface area (Å²) in [6, 6.07) is 12.0. The summed E-state index contributed by atoms with van der Waals surface area (Å²) in [6.07, 6.45) is 0. The summed E-state index contributed by atoms with van der Waals surface area (Å²) in [5.74, 6) is -0.149. The van der Waals surface area contributed by atoms with Crippen LogP contribution in [0, 0.1) is 6.92 Å². The quantitative estimate of drug-likeness (QED) is 0.524. The lowest BCUT2D eigenvalue weighted by Gasteiger charge is -2.11. The molecule has 25 heavy (non-hydrogen) atoms. The Labute approximate surface area is 159 Å². The van der Waals surface area contributed by atoms with Crippen molar-refractivity contribution in [1.82, 2.24) is 16.2 Å². The Morgan fingerprint density at radius 2 is 1.76 bits per heavy atom. The van der Waals surface area contributed by atoms with Crippen LogP contribution in [0.5, 0.6) is 5.75 Å². The molecule has 0 saturated heterocycles. The first-order chi connectivity index (χ1) is 11.9. The number of hydrogen-bond donors (Lipinski definition) is 3. The zero-order valence-corrected chi connectivity index (χ0v) is 16.0. The summed E-state index contributed by atoms with van der Waals surface area (Å²) in [7, 11) is 1.54. The maximum atomic E-state index is 12.1. The smallest absolute Gasteiger partial charge is 0.269 e. The highest BCUT2D eigenvalue weighted by molar-refractivity contribution is 9.10. The molecule has 0 spiro atoms. The van der Waals surface area contributed by atoms with E-state index in [0.717, 1.165) is 5.56 Å². The number of ether oxygens (including phenoxy) is 1. The average molecular weight is 422 g/mol. The second-order valence-electron chi connectivity index (χ2n) is 5.08. The highest BCUT2D eigenvalue weighted by Gasteiger charge is 2.11. The van der Waals surface area contributed by atoms with E-state index in [9.17, 15) is 9.59 Å². The molecule has 0 aromatic heterocycles. The lowest BCUT2D eigenvalue weighted by Crippen LogP contribution is -2.48. The largest absolute Gasteiger partial charge is 0.496 e. The van der Waals surface area contributed by atoms with Crippen molar-refractivity contribution < 1.29 is 14.3 Å². The first-order valence-corrected chi connectivity index (χ1v) is 8.42. The summed E-state index contributed by atoms with van der Waals surface area (Å²) >= 11 is 8.32. The van der Waals surface area contributed by atoms with Crippen LogP contribution in [0.25, 0.3) is 0 Å². The number of carbonyl (C=O) groups is 2. The standard InChI is InChI=1S/C17H16BrN3O3S/c1-10-4-3-5-11(8-10)15(22)19-17(25)21-20-16(23)12-6-7-14(24-2)13(18)9-12/h3-9H,1-2H3,(H,20,23)(H2,19,21,22,25). The molecule has 2 amide bonds. The normalized spacial score (nSPS) is 9.88. The molecule has 0 unspecified atom stereocenters. The molecule has 130 valence electrons. The van der Waals surface area contributed by atoms with E-state index < -0.39 is 5.91 Å². The van der Waals surface area contributed by atoms with E-state index in [-0.39, 0.29) is 11.0 Å². The Hall–Kier alpha value is -2.45. The van der Waals surface area contributed by atoms with Crippen LogP contribution < -0.4 is 20.9 Å². The predicted molar refractivity (Wildman–Crippen MR) is 103 cm³/mol.